The van der Waals surface area contributed by atoms with Crippen LogP contribution in [0.4, 0.5) is 5.69 Å². The van der Waals surface area contributed by atoms with Crippen molar-refractivity contribution in [1.82, 2.24) is 5.32 Å². The lowest BCUT2D eigenvalue weighted by molar-refractivity contribution is 0.0926. The second-order valence-corrected chi connectivity index (χ2v) is 7.06. The Morgan fingerprint density at radius 1 is 1.10 bits per heavy atom. The van der Waals surface area contributed by atoms with Gasteiger partial charge in [-0.25, -0.2) is 0 Å². The topological polar surface area (TPSA) is 101 Å². The summed E-state index contributed by atoms with van der Waals surface area (Å²) in [6.07, 6.45) is 0.706. The molecule has 162 valence electrons. The Kier molecular flexibility index (Phi) is 7.45. The molecule has 0 fully saturated rings. The number of rotatable bonds is 10. The number of ether oxygens (including phenoxy) is 1. The van der Waals surface area contributed by atoms with E-state index in [4.69, 9.17) is 9.15 Å². The van der Waals surface area contributed by atoms with Crippen LogP contribution < -0.4 is 20.8 Å². The van der Waals surface area contributed by atoms with Crippen molar-refractivity contribution < 1.29 is 19.1 Å². The maximum atomic E-state index is 13.2. The van der Waals surface area contributed by atoms with Crippen LogP contribution in [0.1, 0.15) is 34.3 Å². The third-order valence-electron chi connectivity index (χ3n) is 4.78. The largest absolute Gasteiger partial charge is 0.502 e. The van der Waals surface area contributed by atoms with Crippen molar-refractivity contribution in [2.75, 3.05) is 25.5 Å². The predicted octanol–water partition coefficient (Wildman–Crippen LogP) is 3.68. The SMILES string of the molecule is COc1ccc(C(=O)C(NCCCNc2ccccc2)c2oc(C)cc(=O)c2O)cc1. The zero-order valence-corrected chi connectivity index (χ0v) is 17.6. The van der Waals surface area contributed by atoms with Gasteiger partial charge in [0.25, 0.3) is 0 Å². The van der Waals surface area contributed by atoms with E-state index in [0.29, 0.717) is 36.6 Å². The van der Waals surface area contributed by atoms with Crippen LogP contribution in [0.2, 0.25) is 0 Å². The summed E-state index contributed by atoms with van der Waals surface area (Å²) in [4.78, 5) is 25.3. The van der Waals surface area contributed by atoms with Crippen molar-refractivity contribution in [2.45, 2.75) is 19.4 Å². The standard InChI is InChI=1S/C24H26N2O5/c1-16-15-20(27)23(29)24(31-16)21(22(28)17-9-11-19(30-2)12-10-17)26-14-6-13-25-18-7-4-3-5-8-18/h3-5,7-12,15,21,25-26,29H,6,13-14H2,1-2H3. The zero-order chi connectivity index (χ0) is 22.2. The van der Waals surface area contributed by atoms with Crippen LogP contribution in [0.25, 0.3) is 0 Å². The van der Waals surface area contributed by atoms with Crippen molar-refractivity contribution in [3.05, 3.63) is 88.0 Å². The molecule has 0 amide bonds. The molecule has 0 aliphatic carbocycles. The third kappa shape index (κ3) is 5.73. The molecule has 1 atom stereocenters. The predicted molar refractivity (Wildman–Crippen MR) is 119 cm³/mol. The van der Waals surface area contributed by atoms with Gasteiger partial charge in [0.2, 0.25) is 11.2 Å². The molecule has 0 bridgehead atoms. The molecule has 7 heteroatoms. The fourth-order valence-electron chi connectivity index (χ4n) is 3.17. The van der Waals surface area contributed by atoms with E-state index < -0.39 is 17.2 Å². The minimum Gasteiger partial charge on any atom is -0.502 e. The van der Waals surface area contributed by atoms with Gasteiger partial charge in [0.1, 0.15) is 17.6 Å². The molecule has 2 aromatic carbocycles. The molecule has 31 heavy (non-hydrogen) atoms. The van der Waals surface area contributed by atoms with Gasteiger partial charge in [-0.3, -0.25) is 9.59 Å². The maximum absolute atomic E-state index is 13.2. The first-order chi connectivity index (χ1) is 15.0. The van der Waals surface area contributed by atoms with Gasteiger partial charge in [0.05, 0.1) is 7.11 Å². The van der Waals surface area contributed by atoms with Crippen molar-refractivity contribution in [2.24, 2.45) is 0 Å². The molecule has 3 rings (SSSR count). The minimum absolute atomic E-state index is 0.0816. The first-order valence-corrected chi connectivity index (χ1v) is 10.0. The van der Waals surface area contributed by atoms with E-state index in [1.165, 1.54) is 6.07 Å². The van der Waals surface area contributed by atoms with Gasteiger partial charge < -0.3 is 24.9 Å². The molecule has 7 nitrogen and oxygen atoms in total. The van der Waals surface area contributed by atoms with E-state index in [2.05, 4.69) is 10.6 Å². The van der Waals surface area contributed by atoms with Gasteiger partial charge in [0, 0.05) is 23.9 Å². The monoisotopic (exact) mass is 422 g/mol. The molecule has 0 aliphatic heterocycles. The number of hydrogen-bond acceptors (Lipinski definition) is 7. The Morgan fingerprint density at radius 3 is 2.48 bits per heavy atom. The fourth-order valence-corrected chi connectivity index (χ4v) is 3.17. The summed E-state index contributed by atoms with van der Waals surface area (Å²) >= 11 is 0. The summed E-state index contributed by atoms with van der Waals surface area (Å²) < 4.78 is 10.7. The van der Waals surface area contributed by atoms with Gasteiger partial charge in [0.15, 0.2) is 11.5 Å². The number of ketones is 1. The number of carbonyl (C=O) groups is 1. The van der Waals surface area contributed by atoms with E-state index >= 15 is 0 Å². The highest BCUT2D eigenvalue weighted by Gasteiger charge is 2.28. The first kappa shape index (κ1) is 22.1. The summed E-state index contributed by atoms with van der Waals surface area (Å²) in [7, 11) is 1.55. The number of carbonyl (C=O) groups excluding carboxylic acids is 1. The molecule has 3 aromatic rings. The molecule has 0 spiro atoms. The Bertz CT molecular complexity index is 1060. The Hall–Kier alpha value is -3.58. The maximum Gasteiger partial charge on any atom is 0.227 e. The number of hydrogen-bond donors (Lipinski definition) is 3. The lowest BCUT2D eigenvalue weighted by Gasteiger charge is -2.18. The molecular weight excluding hydrogens is 396 g/mol. The molecular formula is C24H26N2O5. The van der Waals surface area contributed by atoms with Gasteiger partial charge in [-0.1, -0.05) is 18.2 Å². The minimum atomic E-state index is -1.00. The van der Waals surface area contributed by atoms with Crippen LogP contribution in [-0.4, -0.2) is 31.1 Å². The summed E-state index contributed by atoms with van der Waals surface area (Å²) in [5, 5.41) is 16.7. The van der Waals surface area contributed by atoms with E-state index in [9.17, 15) is 14.7 Å². The van der Waals surface area contributed by atoms with E-state index in [-0.39, 0.29) is 11.5 Å². The smallest absolute Gasteiger partial charge is 0.227 e. The van der Waals surface area contributed by atoms with Crippen LogP contribution in [0.5, 0.6) is 11.5 Å². The fraction of sp³-hybridized carbons (Fsp3) is 0.250. The van der Waals surface area contributed by atoms with Crippen LogP contribution in [0.3, 0.4) is 0 Å². The lowest BCUT2D eigenvalue weighted by atomic mass is 10.0. The van der Waals surface area contributed by atoms with Gasteiger partial charge >= 0.3 is 0 Å². The van der Waals surface area contributed by atoms with Crippen molar-refractivity contribution in [1.29, 1.82) is 0 Å². The summed E-state index contributed by atoms with van der Waals surface area (Å²) in [6.45, 7) is 2.75. The number of anilines is 1. The second kappa shape index (κ2) is 10.4. The number of benzene rings is 2. The van der Waals surface area contributed by atoms with Gasteiger partial charge in [-0.15, -0.1) is 0 Å². The third-order valence-corrected chi connectivity index (χ3v) is 4.78. The average molecular weight is 422 g/mol. The van der Waals surface area contributed by atoms with Crippen LogP contribution >= 0.6 is 0 Å². The number of nitrogens with one attached hydrogen (secondary N) is 2. The van der Waals surface area contributed by atoms with Crippen molar-refractivity contribution in [3.8, 4) is 11.5 Å². The normalized spacial score (nSPS) is 11.7. The molecule has 0 aliphatic rings. The Labute approximate surface area is 180 Å². The molecule has 3 N–H and O–H groups in total. The highest BCUT2D eigenvalue weighted by molar-refractivity contribution is 6.00. The molecule has 0 radical (unpaired) electrons. The van der Waals surface area contributed by atoms with Crippen LogP contribution in [-0.2, 0) is 0 Å². The van der Waals surface area contributed by atoms with Gasteiger partial charge in [-0.2, -0.15) is 0 Å². The van der Waals surface area contributed by atoms with Gasteiger partial charge in [-0.05, 0) is 56.3 Å². The number of methoxy groups -OCH3 is 1. The number of Topliss-reactive ketones (excluding diaryl/α,β-unsaturated/α-hetero) is 1. The average Bonchev–Trinajstić information content (AvgIpc) is 2.79. The van der Waals surface area contributed by atoms with E-state index in [0.717, 1.165) is 5.69 Å². The zero-order valence-electron chi connectivity index (χ0n) is 17.6. The highest BCUT2D eigenvalue weighted by Crippen LogP contribution is 2.26. The number of aromatic hydroxyl groups is 1. The lowest BCUT2D eigenvalue weighted by Crippen LogP contribution is -2.31. The molecule has 1 aromatic heterocycles. The number of aryl methyl sites for hydroxylation is 1. The molecule has 1 heterocycles. The summed E-state index contributed by atoms with van der Waals surface area (Å²) in [5.41, 5.74) is 0.832. The summed E-state index contributed by atoms with van der Waals surface area (Å²) in [6, 6.07) is 16.6. The molecule has 0 saturated carbocycles. The summed E-state index contributed by atoms with van der Waals surface area (Å²) in [5.74, 6) is -0.0206. The van der Waals surface area contributed by atoms with Crippen molar-refractivity contribution >= 4 is 11.5 Å². The number of para-hydroxylation sites is 1. The first-order valence-electron chi connectivity index (χ1n) is 10.0. The molecule has 0 saturated heterocycles. The van der Waals surface area contributed by atoms with E-state index in [1.807, 2.05) is 30.3 Å². The Morgan fingerprint density at radius 2 is 1.81 bits per heavy atom. The van der Waals surface area contributed by atoms with Crippen molar-refractivity contribution in [3.63, 3.8) is 0 Å². The second-order valence-electron chi connectivity index (χ2n) is 7.06. The Balaban J connectivity index is 1.75. The quantitative estimate of drug-likeness (QED) is 0.338. The highest BCUT2D eigenvalue weighted by atomic mass is 16.5. The van der Waals surface area contributed by atoms with Crippen LogP contribution in [0.15, 0.2) is 69.9 Å². The van der Waals surface area contributed by atoms with Crippen LogP contribution in [0, 0.1) is 6.92 Å². The molecule has 1 unspecified atom stereocenters. The van der Waals surface area contributed by atoms with E-state index in [1.54, 1.807) is 38.3 Å².